The highest BCUT2D eigenvalue weighted by molar-refractivity contribution is 7.19. The lowest BCUT2D eigenvalue weighted by Crippen LogP contribution is -2.31. The first kappa shape index (κ1) is 17.3. The molecule has 1 N–H and O–H groups in total. The van der Waals surface area contributed by atoms with Gasteiger partial charge < -0.3 is 5.32 Å². The van der Waals surface area contributed by atoms with Crippen molar-refractivity contribution in [2.24, 2.45) is 0 Å². The standard InChI is InChI=1S/C20H20ClN3OS/c1-2-24-17(18-10-11-19(21)26-18)12-16(23-24)20(25)22-15-9-5-7-13-6-3-4-8-14(13)15/h3-4,6,8,10-12,15H,2,5,7,9H2,1H3,(H,22,25). The first-order valence-corrected chi connectivity index (χ1v) is 10.1. The molecule has 4 rings (SSSR count). The summed E-state index contributed by atoms with van der Waals surface area (Å²) in [6.45, 7) is 2.72. The second kappa shape index (κ2) is 7.25. The number of rotatable bonds is 4. The molecule has 0 spiro atoms. The van der Waals surface area contributed by atoms with Crippen molar-refractivity contribution in [2.75, 3.05) is 0 Å². The van der Waals surface area contributed by atoms with Crippen molar-refractivity contribution < 1.29 is 4.79 Å². The third-order valence-electron chi connectivity index (χ3n) is 4.81. The highest BCUT2D eigenvalue weighted by Gasteiger charge is 2.23. The predicted octanol–water partition coefficient (Wildman–Crippen LogP) is 5.09. The molecule has 1 aliphatic rings. The van der Waals surface area contributed by atoms with Crippen LogP contribution in [0, 0.1) is 0 Å². The second-order valence-corrected chi connectivity index (χ2v) is 8.17. The van der Waals surface area contributed by atoms with Gasteiger partial charge in [0.25, 0.3) is 5.91 Å². The average molecular weight is 386 g/mol. The number of carbonyl (C=O) groups is 1. The Labute approximate surface area is 161 Å². The maximum absolute atomic E-state index is 12.8. The van der Waals surface area contributed by atoms with Crippen molar-refractivity contribution in [3.05, 3.63) is 63.6 Å². The fourth-order valence-corrected chi connectivity index (χ4v) is 4.62. The Morgan fingerprint density at radius 1 is 1.35 bits per heavy atom. The minimum absolute atomic E-state index is 0.0545. The van der Waals surface area contributed by atoms with Crippen molar-refractivity contribution >= 4 is 28.8 Å². The van der Waals surface area contributed by atoms with Crippen molar-refractivity contribution in [3.63, 3.8) is 0 Å². The normalized spacial score (nSPS) is 16.3. The molecule has 0 saturated carbocycles. The SMILES string of the molecule is CCn1nc(C(=O)NC2CCCc3ccccc32)cc1-c1ccc(Cl)s1. The van der Waals surface area contributed by atoms with Crippen LogP contribution in [0.15, 0.2) is 42.5 Å². The fourth-order valence-electron chi connectivity index (χ4n) is 3.56. The number of hydrogen-bond donors (Lipinski definition) is 1. The van der Waals surface area contributed by atoms with Gasteiger partial charge in [0.05, 0.1) is 20.9 Å². The lowest BCUT2D eigenvalue weighted by Gasteiger charge is -2.26. The van der Waals surface area contributed by atoms with E-state index >= 15 is 0 Å². The summed E-state index contributed by atoms with van der Waals surface area (Å²) in [5, 5.41) is 7.68. The maximum Gasteiger partial charge on any atom is 0.272 e. The van der Waals surface area contributed by atoms with Crippen molar-refractivity contribution in [3.8, 4) is 10.6 Å². The number of hydrogen-bond acceptors (Lipinski definition) is 3. The van der Waals surface area contributed by atoms with Crippen molar-refractivity contribution in [1.82, 2.24) is 15.1 Å². The van der Waals surface area contributed by atoms with Gasteiger partial charge in [0.1, 0.15) is 0 Å². The maximum atomic E-state index is 12.8. The fraction of sp³-hybridized carbons (Fsp3) is 0.300. The number of benzene rings is 1. The largest absolute Gasteiger partial charge is 0.344 e. The Kier molecular flexibility index (Phi) is 4.83. The van der Waals surface area contributed by atoms with Crippen molar-refractivity contribution in [1.29, 1.82) is 0 Å². The quantitative estimate of drug-likeness (QED) is 0.679. The summed E-state index contributed by atoms with van der Waals surface area (Å²) < 4.78 is 2.58. The van der Waals surface area contributed by atoms with Gasteiger partial charge in [0, 0.05) is 6.54 Å². The molecule has 6 heteroatoms. The molecular weight excluding hydrogens is 366 g/mol. The molecule has 1 aromatic carbocycles. The van der Waals surface area contributed by atoms with Gasteiger partial charge in [-0.15, -0.1) is 11.3 Å². The van der Waals surface area contributed by atoms with Crippen LogP contribution in [0.3, 0.4) is 0 Å². The van der Waals surface area contributed by atoms with E-state index in [0.29, 0.717) is 12.2 Å². The van der Waals surface area contributed by atoms with Crippen LogP contribution in [0.2, 0.25) is 4.34 Å². The molecule has 1 amide bonds. The summed E-state index contributed by atoms with van der Waals surface area (Å²) in [5.41, 5.74) is 3.94. The van der Waals surface area contributed by atoms with Gasteiger partial charge in [0.2, 0.25) is 0 Å². The Morgan fingerprint density at radius 3 is 2.96 bits per heavy atom. The molecule has 0 saturated heterocycles. The summed E-state index contributed by atoms with van der Waals surface area (Å²) in [7, 11) is 0. The number of fused-ring (bicyclic) bond motifs is 1. The van der Waals surface area contributed by atoms with Gasteiger partial charge in [0.15, 0.2) is 5.69 Å². The highest BCUT2D eigenvalue weighted by Crippen LogP contribution is 2.32. The average Bonchev–Trinajstić information content (AvgIpc) is 3.28. The van der Waals surface area contributed by atoms with Gasteiger partial charge in [-0.1, -0.05) is 35.9 Å². The summed E-state index contributed by atoms with van der Waals surface area (Å²) in [6, 6.07) is 14.1. The molecule has 1 unspecified atom stereocenters. The summed E-state index contributed by atoms with van der Waals surface area (Å²) in [4.78, 5) is 13.9. The number of aryl methyl sites for hydroxylation is 2. The molecule has 4 nitrogen and oxygen atoms in total. The molecule has 0 bridgehead atoms. The number of thiophene rings is 1. The summed E-state index contributed by atoms with van der Waals surface area (Å²) >= 11 is 7.56. The molecular formula is C20H20ClN3OS. The Bertz CT molecular complexity index is 946. The first-order valence-electron chi connectivity index (χ1n) is 8.88. The number of halogens is 1. The Balaban J connectivity index is 1.59. The summed E-state index contributed by atoms with van der Waals surface area (Å²) in [5.74, 6) is -0.122. The number of aromatic nitrogens is 2. The second-order valence-electron chi connectivity index (χ2n) is 6.45. The van der Waals surface area contributed by atoms with Crippen LogP contribution in [0.5, 0.6) is 0 Å². The van der Waals surface area contributed by atoms with Gasteiger partial charge in [-0.2, -0.15) is 5.10 Å². The molecule has 26 heavy (non-hydrogen) atoms. The van der Waals surface area contributed by atoms with Crippen LogP contribution in [-0.2, 0) is 13.0 Å². The zero-order chi connectivity index (χ0) is 18.1. The molecule has 3 aromatic rings. The van der Waals surface area contributed by atoms with Crippen LogP contribution >= 0.6 is 22.9 Å². The van der Waals surface area contributed by atoms with Crippen molar-refractivity contribution in [2.45, 2.75) is 38.8 Å². The van der Waals surface area contributed by atoms with Gasteiger partial charge in [-0.05, 0) is 55.5 Å². The van der Waals surface area contributed by atoms with Gasteiger partial charge >= 0.3 is 0 Å². The molecule has 0 radical (unpaired) electrons. The first-order chi connectivity index (χ1) is 12.7. The molecule has 2 aromatic heterocycles. The van der Waals surface area contributed by atoms with E-state index in [0.717, 1.165) is 34.2 Å². The monoisotopic (exact) mass is 385 g/mol. The predicted molar refractivity (Wildman–Crippen MR) is 106 cm³/mol. The van der Waals surface area contributed by atoms with E-state index < -0.39 is 0 Å². The van der Waals surface area contributed by atoms with E-state index in [1.165, 1.54) is 22.5 Å². The number of amides is 1. The molecule has 2 heterocycles. The van der Waals surface area contributed by atoms with E-state index in [-0.39, 0.29) is 11.9 Å². The third-order valence-corrected chi connectivity index (χ3v) is 6.07. The minimum atomic E-state index is -0.122. The number of nitrogens with zero attached hydrogens (tertiary/aromatic N) is 2. The molecule has 0 aliphatic heterocycles. The lowest BCUT2D eigenvalue weighted by atomic mass is 9.87. The van der Waals surface area contributed by atoms with E-state index in [1.54, 1.807) is 0 Å². The molecule has 1 atom stereocenters. The van der Waals surface area contributed by atoms with Crippen LogP contribution in [0.1, 0.15) is 47.4 Å². The van der Waals surface area contributed by atoms with Crippen LogP contribution < -0.4 is 5.32 Å². The number of nitrogens with one attached hydrogen (secondary N) is 1. The topological polar surface area (TPSA) is 46.9 Å². The van der Waals surface area contributed by atoms with Gasteiger partial charge in [-0.3, -0.25) is 9.48 Å². The zero-order valence-corrected chi connectivity index (χ0v) is 16.1. The highest BCUT2D eigenvalue weighted by atomic mass is 35.5. The third kappa shape index (κ3) is 3.29. The van der Waals surface area contributed by atoms with E-state index in [9.17, 15) is 4.79 Å². The van der Waals surface area contributed by atoms with Crippen LogP contribution in [0.4, 0.5) is 0 Å². The molecule has 1 aliphatic carbocycles. The number of carbonyl (C=O) groups excluding carboxylic acids is 1. The molecule has 0 fully saturated rings. The Hall–Kier alpha value is -2.11. The zero-order valence-electron chi connectivity index (χ0n) is 14.5. The lowest BCUT2D eigenvalue weighted by molar-refractivity contribution is 0.0927. The smallest absolute Gasteiger partial charge is 0.272 e. The minimum Gasteiger partial charge on any atom is -0.344 e. The van der Waals surface area contributed by atoms with E-state index in [2.05, 4.69) is 28.6 Å². The summed E-state index contributed by atoms with van der Waals surface area (Å²) in [6.07, 6.45) is 3.13. The Morgan fingerprint density at radius 2 is 2.19 bits per heavy atom. The van der Waals surface area contributed by atoms with E-state index in [4.69, 9.17) is 11.6 Å². The van der Waals surface area contributed by atoms with Crippen LogP contribution in [-0.4, -0.2) is 15.7 Å². The molecule has 134 valence electrons. The van der Waals surface area contributed by atoms with E-state index in [1.807, 2.05) is 35.9 Å². The van der Waals surface area contributed by atoms with Gasteiger partial charge in [-0.25, -0.2) is 0 Å². The van der Waals surface area contributed by atoms with Crippen LogP contribution in [0.25, 0.3) is 10.6 Å².